The van der Waals surface area contributed by atoms with Gasteiger partial charge in [-0.1, -0.05) is 17.7 Å². The summed E-state index contributed by atoms with van der Waals surface area (Å²) < 4.78 is 25.2. The van der Waals surface area contributed by atoms with E-state index in [0.717, 1.165) is 16.7 Å². The maximum Gasteiger partial charge on any atom is 0.241 e. The first-order valence-electron chi connectivity index (χ1n) is 4.25. The third kappa shape index (κ3) is 1.96. The van der Waals surface area contributed by atoms with E-state index in [1.807, 2.05) is 19.1 Å². The maximum atomic E-state index is 11.6. The first-order valence-corrected chi connectivity index (χ1v) is 5.73. The fourth-order valence-electron chi connectivity index (χ4n) is 1.66. The molecule has 0 heterocycles. The molecule has 1 rings (SSSR count). The molecule has 0 saturated carbocycles. The van der Waals surface area contributed by atoms with Crippen molar-refractivity contribution < 1.29 is 8.42 Å². The lowest BCUT2D eigenvalue weighted by atomic mass is 10.1. The number of hydrogen-bond donors (Lipinski definition) is 1. The van der Waals surface area contributed by atoms with Gasteiger partial charge in [0.1, 0.15) is 0 Å². The van der Waals surface area contributed by atoms with Gasteiger partial charge in [-0.3, -0.25) is 0 Å². The van der Waals surface area contributed by atoms with Gasteiger partial charge in [0.05, 0.1) is 4.90 Å². The molecule has 0 aliphatic carbocycles. The van der Waals surface area contributed by atoms with E-state index in [2.05, 4.69) is 11.8 Å². The van der Waals surface area contributed by atoms with Crippen LogP contribution in [0.4, 0.5) is 0 Å². The van der Waals surface area contributed by atoms with Crippen molar-refractivity contribution >= 4 is 10.0 Å². The first-order chi connectivity index (χ1) is 6.38. The second-order valence-electron chi connectivity index (χ2n) is 3.38. The van der Waals surface area contributed by atoms with Crippen LogP contribution in [0.5, 0.6) is 0 Å². The monoisotopic (exact) mass is 212 g/mol. The fraction of sp³-hybridized carbons (Fsp3) is 0.300. The Morgan fingerprint density at radius 2 is 1.57 bits per heavy atom. The number of hydrogen-bond acceptors (Lipinski definition) is 2. The summed E-state index contributed by atoms with van der Waals surface area (Å²) in [5.41, 5.74) is 2.56. The standard InChI is InChI=1S/C10H14NO2S/c1-7-5-8(2)10(9(3)6-7)14(12,13)11-4/h5-6,11H,4H2,1-3H3. The molecule has 0 spiro atoms. The molecule has 77 valence electrons. The van der Waals surface area contributed by atoms with Gasteiger partial charge in [-0.15, -0.1) is 0 Å². The molecule has 0 aromatic heterocycles. The second kappa shape index (κ2) is 3.71. The Kier molecular flexibility index (Phi) is 2.97. The summed E-state index contributed by atoms with van der Waals surface area (Å²) in [4.78, 5) is 0.332. The van der Waals surface area contributed by atoms with Crippen molar-refractivity contribution in [3.05, 3.63) is 35.9 Å². The third-order valence-electron chi connectivity index (χ3n) is 2.06. The van der Waals surface area contributed by atoms with Crippen molar-refractivity contribution in [2.45, 2.75) is 25.7 Å². The van der Waals surface area contributed by atoms with Crippen LogP contribution in [-0.4, -0.2) is 8.42 Å². The van der Waals surface area contributed by atoms with Crippen molar-refractivity contribution in [1.29, 1.82) is 0 Å². The first kappa shape index (κ1) is 11.2. The lowest BCUT2D eigenvalue weighted by Crippen LogP contribution is -2.19. The Morgan fingerprint density at radius 3 is 1.93 bits per heavy atom. The highest BCUT2D eigenvalue weighted by molar-refractivity contribution is 7.89. The van der Waals surface area contributed by atoms with Crippen LogP contribution >= 0.6 is 0 Å². The predicted octanol–water partition coefficient (Wildman–Crippen LogP) is 1.68. The van der Waals surface area contributed by atoms with Crippen LogP contribution in [0, 0.1) is 27.8 Å². The largest absolute Gasteiger partial charge is 0.241 e. The lowest BCUT2D eigenvalue weighted by molar-refractivity contribution is 0.589. The van der Waals surface area contributed by atoms with Crippen LogP contribution < -0.4 is 4.72 Å². The van der Waals surface area contributed by atoms with Crippen molar-refractivity contribution in [2.75, 3.05) is 0 Å². The van der Waals surface area contributed by atoms with Gasteiger partial charge in [0.15, 0.2) is 0 Å². The Balaban J connectivity index is 3.51. The number of sulfonamides is 1. The minimum atomic E-state index is -3.44. The van der Waals surface area contributed by atoms with Crippen molar-refractivity contribution in [1.82, 2.24) is 4.72 Å². The number of aryl methyl sites for hydroxylation is 3. The Morgan fingerprint density at radius 1 is 1.14 bits per heavy atom. The zero-order valence-corrected chi connectivity index (χ0v) is 9.40. The molecule has 1 aromatic rings. The van der Waals surface area contributed by atoms with E-state index in [1.165, 1.54) is 0 Å². The summed E-state index contributed by atoms with van der Waals surface area (Å²) in [6.45, 7) is 5.50. The number of rotatable bonds is 2. The van der Waals surface area contributed by atoms with E-state index in [-0.39, 0.29) is 0 Å². The van der Waals surface area contributed by atoms with E-state index in [4.69, 9.17) is 0 Å². The van der Waals surface area contributed by atoms with Crippen LogP contribution in [0.3, 0.4) is 0 Å². The molecule has 3 nitrogen and oxygen atoms in total. The molecule has 4 heteroatoms. The van der Waals surface area contributed by atoms with Gasteiger partial charge in [-0.25, -0.2) is 13.1 Å². The average molecular weight is 212 g/mol. The molecular weight excluding hydrogens is 198 g/mol. The van der Waals surface area contributed by atoms with Gasteiger partial charge in [-0.05, 0) is 31.9 Å². The summed E-state index contributed by atoms with van der Waals surface area (Å²) in [6.07, 6.45) is 0. The molecule has 0 aliphatic heterocycles. The SMILES string of the molecule is [CH2]NS(=O)(=O)c1c(C)cc(C)cc1C. The minimum absolute atomic E-state index is 0.332. The van der Waals surface area contributed by atoms with Gasteiger partial charge < -0.3 is 0 Å². The maximum absolute atomic E-state index is 11.6. The van der Waals surface area contributed by atoms with Crippen LogP contribution in [-0.2, 0) is 10.0 Å². The summed E-state index contributed by atoms with van der Waals surface area (Å²) in [6, 6.07) is 3.69. The minimum Gasteiger partial charge on any atom is -0.210 e. The molecule has 0 saturated heterocycles. The van der Waals surface area contributed by atoms with Crippen molar-refractivity contribution in [3.63, 3.8) is 0 Å². The highest BCUT2D eigenvalue weighted by Gasteiger charge is 2.17. The summed E-state index contributed by atoms with van der Waals surface area (Å²) in [7, 11) is -0.237. The van der Waals surface area contributed by atoms with E-state index < -0.39 is 10.0 Å². The van der Waals surface area contributed by atoms with Crippen LogP contribution in [0.25, 0.3) is 0 Å². The summed E-state index contributed by atoms with van der Waals surface area (Å²) >= 11 is 0. The zero-order valence-electron chi connectivity index (χ0n) is 8.59. The van der Waals surface area contributed by atoms with E-state index in [1.54, 1.807) is 13.8 Å². The Hall–Kier alpha value is -0.870. The molecule has 0 fully saturated rings. The average Bonchev–Trinajstić information content (AvgIpc) is 2.01. The molecule has 1 radical (unpaired) electrons. The molecule has 0 atom stereocenters. The molecule has 1 N–H and O–H groups in total. The van der Waals surface area contributed by atoms with E-state index >= 15 is 0 Å². The predicted molar refractivity (Wildman–Crippen MR) is 56.3 cm³/mol. The van der Waals surface area contributed by atoms with Crippen LogP contribution in [0.15, 0.2) is 17.0 Å². The van der Waals surface area contributed by atoms with Crippen LogP contribution in [0.2, 0.25) is 0 Å². The molecule has 14 heavy (non-hydrogen) atoms. The van der Waals surface area contributed by atoms with E-state index in [9.17, 15) is 8.42 Å². The fourth-order valence-corrected chi connectivity index (χ4v) is 2.77. The third-order valence-corrected chi connectivity index (χ3v) is 3.62. The zero-order chi connectivity index (χ0) is 10.9. The number of nitrogens with one attached hydrogen (secondary N) is 1. The smallest absolute Gasteiger partial charge is 0.210 e. The van der Waals surface area contributed by atoms with Gasteiger partial charge in [-0.2, -0.15) is 0 Å². The normalized spacial score (nSPS) is 11.7. The molecule has 0 unspecified atom stereocenters. The molecule has 0 bridgehead atoms. The highest BCUT2D eigenvalue weighted by atomic mass is 32.2. The van der Waals surface area contributed by atoms with Gasteiger partial charge >= 0.3 is 0 Å². The molecule has 0 aliphatic rings. The topological polar surface area (TPSA) is 46.2 Å². The molecular formula is C10H14NO2S. The van der Waals surface area contributed by atoms with Gasteiger partial charge in [0.25, 0.3) is 0 Å². The van der Waals surface area contributed by atoms with Crippen LogP contribution in [0.1, 0.15) is 16.7 Å². The Bertz CT molecular complexity index is 426. The Labute approximate surface area is 85.2 Å². The quantitative estimate of drug-likeness (QED) is 0.810. The summed E-state index contributed by atoms with van der Waals surface area (Å²) in [5.74, 6) is 0. The van der Waals surface area contributed by atoms with Crippen molar-refractivity contribution in [2.24, 2.45) is 0 Å². The van der Waals surface area contributed by atoms with E-state index in [0.29, 0.717) is 4.90 Å². The molecule has 0 amide bonds. The highest BCUT2D eigenvalue weighted by Crippen LogP contribution is 2.21. The van der Waals surface area contributed by atoms with Gasteiger partial charge in [0.2, 0.25) is 10.0 Å². The van der Waals surface area contributed by atoms with Crippen molar-refractivity contribution in [3.8, 4) is 0 Å². The number of benzene rings is 1. The lowest BCUT2D eigenvalue weighted by Gasteiger charge is -2.10. The molecule has 1 aromatic carbocycles. The summed E-state index contributed by atoms with van der Waals surface area (Å²) in [5, 5.41) is 0. The van der Waals surface area contributed by atoms with Gasteiger partial charge in [0, 0.05) is 7.05 Å². The second-order valence-corrected chi connectivity index (χ2v) is 5.08.